The van der Waals surface area contributed by atoms with E-state index in [1.165, 1.54) is 47.8 Å². The molecule has 0 saturated carbocycles. The van der Waals surface area contributed by atoms with Crippen molar-refractivity contribution in [3.63, 3.8) is 0 Å². The van der Waals surface area contributed by atoms with E-state index in [4.69, 9.17) is 0 Å². The lowest BCUT2D eigenvalue weighted by atomic mass is 10.1. The van der Waals surface area contributed by atoms with E-state index in [1.54, 1.807) is 11.8 Å². The van der Waals surface area contributed by atoms with Gasteiger partial charge in [-0.05, 0) is 75.5 Å². The van der Waals surface area contributed by atoms with Crippen molar-refractivity contribution in [1.29, 1.82) is 0 Å². The molecule has 1 amide bonds. The van der Waals surface area contributed by atoms with Crippen LogP contribution in [0.25, 0.3) is 0 Å². The molecule has 2 aromatic rings. The van der Waals surface area contributed by atoms with Gasteiger partial charge in [-0.1, -0.05) is 44.2 Å². The molecule has 2 aromatic carbocycles. The van der Waals surface area contributed by atoms with Gasteiger partial charge in [0.05, 0.1) is 11.4 Å². The highest BCUT2D eigenvalue weighted by Crippen LogP contribution is 2.49. The summed E-state index contributed by atoms with van der Waals surface area (Å²) in [4.78, 5) is 20.4. The van der Waals surface area contributed by atoms with Gasteiger partial charge in [-0.2, -0.15) is 0 Å². The quantitative estimate of drug-likeness (QED) is 0.581. The first-order chi connectivity index (χ1) is 15.0. The van der Waals surface area contributed by atoms with E-state index in [0.717, 1.165) is 30.8 Å². The van der Waals surface area contributed by atoms with Crippen LogP contribution in [-0.2, 0) is 0 Å². The van der Waals surface area contributed by atoms with E-state index in [-0.39, 0.29) is 5.91 Å². The first-order valence-electron chi connectivity index (χ1n) is 11.7. The second-order valence-corrected chi connectivity index (χ2v) is 10.4. The highest BCUT2D eigenvalue weighted by molar-refractivity contribution is 7.99. The molecule has 4 rings (SSSR count). The van der Waals surface area contributed by atoms with Gasteiger partial charge >= 0.3 is 0 Å². The molecule has 0 aliphatic carbocycles. The lowest BCUT2D eigenvalue weighted by molar-refractivity contribution is 0.0952. The summed E-state index contributed by atoms with van der Waals surface area (Å²) in [6.45, 7) is 10.8. The van der Waals surface area contributed by atoms with Crippen molar-refractivity contribution in [1.82, 2.24) is 10.2 Å². The number of carbonyl (C=O) groups excluding carboxylic acids is 1. The fraction of sp³-hybridized carbons (Fsp3) is 0.500. The molecule has 5 heteroatoms. The fourth-order valence-corrected chi connectivity index (χ4v) is 5.62. The van der Waals surface area contributed by atoms with Gasteiger partial charge in [-0.3, -0.25) is 4.79 Å². The molecule has 0 bridgehead atoms. The van der Waals surface area contributed by atoms with Crippen LogP contribution in [0.2, 0.25) is 0 Å². The molecule has 31 heavy (non-hydrogen) atoms. The summed E-state index contributed by atoms with van der Waals surface area (Å²) < 4.78 is 0. The molecule has 0 spiro atoms. The lowest BCUT2D eigenvalue weighted by Gasteiger charge is -2.40. The van der Waals surface area contributed by atoms with Gasteiger partial charge in [0.25, 0.3) is 5.91 Å². The molecule has 0 radical (unpaired) electrons. The maximum absolute atomic E-state index is 12.8. The zero-order valence-electron chi connectivity index (χ0n) is 19.1. The van der Waals surface area contributed by atoms with Crippen LogP contribution < -0.4 is 10.2 Å². The van der Waals surface area contributed by atoms with E-state index in [0.29, 0.717) is 12.0 Å². The summed E-state index contributed by atoms with van der Waals surface area (Å²) in [6, 6.07) is 15.2. The number of likely N-dealkylation sites (tertiary alicyclic amines) is 1. The smallest absolute Gasteiger partial charge is 0.251 e. The van der Waals surface area contributed by atoms with Gasteiger partial charge < -0.3 is 15.1 Å². The number of rotatable bonds is 7. The Labute approximate surface area is 191 Å². The standard InChI is InChI=1S/C26H35N3OS/c1-19(2)13-14-27-26(30)21-11-12-25-23(17-21)29(22-9-5-6-10-24(22)31-25)20(3)18-28-15-7-4-8-16-28/h5-6,9-12,17,19-20H,4,7-8,13-16,18H2,1-3H3,(H,27,30)/t20-/m0/s1. The Morgan fingerprint density at radius 2 is 1.74 bits per heavy atom. The number of nitrogens with one attached hydrogen (secondary N) is 1. The van der Waals surface area contributed by atoms with Gasteiger partial charge in [0.1, 0.15) is 0 Å². The first-order valence-corrected chi connectivity index (χ1v) is 12.6. The van der Waals surface area contributed by atoms with E-state index >= 15 is 0 Å². The van der Waals surface area contributed by atoms with Crippen LogP contribution in [-0.4, -0.2) is 43.0 Å². The average Bonchev–Trinajstić information content (AvgIpc) is 2.77. The minimum Gasteiger partial charge on any atom is -0.352 e. The van der Waals surface area contributed by atoms with Crippen LogP contribution in [0.4, 0.5) is 11.4 Å². The Morgan fingerprint density at radius 3 is 2.52 bits per heavy atom. The molecule has 2 heterocycles. The van der Waals surface area contributed by atoms with Gasteiger partial charge in [-0.15, -0.1) is 0 Å². The molecule has 1 fully saturated rings. The summed E-state index contributed by atoms with van der Waals surface area (Å²) in [5.41, 5.74) is 3.16. The third-order valence-corrected chi connectivity index (χ3v) is 7.37. The number of hydrogen-bond acceptors (Lipinski definition) is 4. The largest absolute Gasteiger partial charge is 0.352 e. The van der Waals surface area contributed by atoms with E-state index in [9.17, 15) is 4.79 Å². The summed E-state index contributed by atoms with van der Waals surface area (Å²) in [5.74, 6) is 0.610. The number of para-hydroxylation sites is 1. The maximum Gasteiger partial charge on any atom is 0.251 e. The second-order valence-electron chi connectivity index (χ2n) is 9.27. The second kappa shape index (κ2) is 10.1. The number of hydrogen-bond donors (Lipinski definition) is 1. The van der Waals surface area contributed by atoms with Gasteiger partial charge in [0, 0.05) is 34.5 Å². The number of amides is 1. The zero-order chi connectivity index (χ0) is 21.8. The SMILES string of the molecule is CC(C)CCNC(=O)c1ccc2c(c1)N([C@@H](C)CN1CCCCC1)c1ccccc1S2. The van der Waals surface area contributed by atoms with Crippen molar-refractivity contribution in [3.8, 4) is 0 Å². The molecule has 0 aromatic heterocycles. The average molecular weight is 438 g/mol. The normalized spacial score (nSPS) is 17.2. The summed E-state index contributed by atoms with van der Waals surface area (Å²) in [7, 11) is 0. The minimum absolute atomic E-state index is 0.0240. The molecule has 2 aliphatic rings. The Hall–Kier alpha value is -1.98. The highest BCUT2D eigenvalue weighted by atomic mass is 32.2. The van der Waals surface area contributed by atoms with Crippen LogP contribution in [0.3, 0.4) is 0 Å². The van der Waals surface area contributed by atoms with Crippen molar-refractivity contribution in [2.24, 2.45) is 5.92 Å². The lowest BCUT2D eigenvalue weighted by Crippen LogP contribution is -2.43. The van der Waals surface area contributed by atoms with Gasteiger partial charge in [-0.25, -0.2) is 0 Å². The summed E-state index contributed by atoms with van der Waals surface area (Å²) in [5, 5.41) is 3.09. The van der Waals surface area contributed by atoms with Crippen molar-refractivity contribution in [3.05, 3.63) is 48.0 Å². The number of fused-ring (bicyclic) bond motifs is 2. The Balaban J connectivity index is 1.60. The van der Waals surface area contributed by atoms with Crippen LogP contribution in [0, 0.1) is 5.92 Å². The summed E-state index contributed by atoms with van der Waals surface area (Å²) in [6.07, 6.45) is 4.96. The molecular formula is C26H35N3OS. The van der Waals surface area contributed by atoms with Crippen LogP contribution >= 0.6 is 11.8 Å². The van der Waals surface area contributed by atoms with E-state index < -0.39 is 0 Å². The van der Waals surface area contributed by atoms with Crippen LogP contribution in [0.1, 0.15) is 56.8 Å². The molecule has 0 unspecified atom stereocenters. The first kappa shape index (κ1) is 22.2. The number of benzene rings is 2. The zero-order valence-corrected chi connectivity index (χ0v) is 19.9. The fourth-order valence-electron chi connectivity index (χ4n) is 4.57. The molecule has 1 N–H and O–H groups in total. The number of carbonyl (C=O) groups is 1. The number of piperidine rings is 1. The van der Waals surface area contributed by atoms with Crippen LogP contribution in [0.15, 0.2) is 52.3 Å². The maximum atomic E-state index is 12.8. The molecule has 1 saturated heterocycles. The van der Waals surface area contributed by atoms with Gasteiger partial charge in [0.2, 0.25) is 0 Å². The Kier molecular flexibility index (Phi) is 7.24. The Morgan fingerprint density at radius 1 is 1.00 bits per heavy atom. The predicted molar refractivity (Wildman–Crippen MR) is 131 cm³/mol. The van der Waals surface area contributed by atoms with E-state index in [1.807, 2.05) is 6.07 Å². The third-order valence-electron chi connectivity index (χ3n) is 6.24. The van der Waals surface area contributed by atoms with Gasteiger partial charge in [0.15, 0.2) is 0 Å². The molecule has 4 nitrogen and oxygen atoms in total. The monoisotopic (exact) mass is 437 g/mol. The van der Waals surface area contributed by atoms with E-state index in [2.05, 4.69) is 72.3 Å². The highest BCUT2D eigenvalue weighted by Gasteiger charge is 2.29. The Bertz CT molecular complexity index is 907. The number of nitrogens with zero attached hydrogens (tertiary/aromatic N) is 2. The number of anilines is 2. The minimum atomic E-state index is 0.0240. The van der Waals surface area contributed by atoms with Crippen molar-refractivity contribution in [2.45, 2.75) is 62.3 Å². The molecule has 2 aliphatic heterocycles. The molecule has 1 atom stereocenters. The summed E-state index contributed by atoms with van der Waals surface area (Å²) >= 11 is 1.80. The van der Waals surface area contributed by atoms with Crippen LogP contribution in [0.5, 0.6) is 0 Å². The molecule has 166 valence electrons. The van der Waals surface area contributed by atoms with Crippen molar-refractivity contribution >= 4 is 29.0 Å². The predicted octanol–water partition coefficient (Wildman–Crippen LogP) is 5.94. The third kappa shape index (κ3) is 5.27. The molecular weight excluding hydrogens is 402 g/mol. The van der Waals surface area contributed by atoms with Crippen molar-refractivity contribution < 1.29 is 4.79 Å². The van der Waals surface area contributed by atoms with Crippen molar-refractivity contribution in [2.75, 3.05) is 31.1 Å². The topological polar surface area (TPSA) is 35.6 Å².